The van der Waals surface area contributed by atoms with Crippen LogP contribution in [-0.4, -0.2) is 25.5 Å². The van der Waals surface area contributed by atoms with Crippen LogP contribution in [0.15, 0.2) is 6.07 Å². The van der Waals surface area contributed by atoms with E-state index in [1.54, 1.807) is 4.68 Å². The first kappa shape index (κ1) is 14.8. The predicted octanol–water partition coefficient (Wildman–Crippen LogP) is 3.43. The van der Waals surface area contributed by atoms with Gasteiger partial charge < -0.3 is 4.74 Å². The molecule has 1 amide bonds. The van der Waals surface area contributed by atoms with Gasteiger partial charge in [-0.2, -0.15) is 0 Å². The van der Waals surface area contributed by atoms with Crippen molar-refractivity contribution in [2.75, 3.05) is 12.0 Å². The highest BCUT2D eigenvalue weighted by Gasteiger charge is 2.14. The van der Waals surface area contributed by atoms with Crippen LogP contribution < -0.4 is 5.43 Å². The van der Waals surface area contributed by atoms with Crippen molar-refractivity contribution in [3.63, 3.8) is 0 Å². The molecule has 1 aromatic heterocycles. The zero-order valence-electron chi connectivity index (χ0n) is 12.3. The Morgan fingerprint density at radius 1 is 1.33 bits per heavy atom. The minimum absolute atomic E-state index is 0.380. The van der Waals surface area contributed by atoms with Crippen LogP contribution in [0.3, 0.4) is 0 Å². The largest absolute Gasteiger partial charge is 0.449 e. The molecule has 0 saturated heterocycles. The summed E-state index contributed by atoms with van der Waals surface area (Å²) in [6.07, 6.45) is -0.380. The number of aromatic nitrogens is 1. The minimum Gasteiger partial charge on any atom is -0.449 e. The molecule has 0 radical (unpaired) electrons. The molecule has 0 unspecified atom stereocenters. The van der Waals surface area contributed by atoms with Gasteiger partial charge in [0.15, 0.2) is 0 Å². The van der Waals surface area contributed by atoms with Gasteiger partial charge in [-0.15, -0.1) is 0 Å². The average Bonchev–Trinajstić information content (AvgIpc) is 2.43. The Bertz CT molecular complexity index is 433. The molecule has 0 saturated carbocycles. The van der Waals surface area contributed by atoms with Crippen LogP contribution in [0, 0.1) is 20.8 Å². The van der Waals surface area contributed by atoms with Gasteiger partial charge in [0.2, 0.25) is 0 Å². The average molecular weight is 268 g/mol. The van der Waals surface area contributed by atoms with E-state index in [1.165, 1.54) is 0 Å². The summed E-state index contributed by atoms with van der Waals surface area (Å²) in [5.74, 6) is 0. The van der Waals surface area contributed by atoms with E-state index >= 15 is 0 Å². The second-order valence-corrected chi connectivity index (χ2v) is 11.6. The van der Waals surface area contributed by atoms with Gasteiger partial charge in [0.1, 0.15) is 0 Å². The summed E-state index contributed by atoms with van der Waals surface area (Å²) in [6.45, 7) is 13.2. The molecule has 0 aliphatic rings. The molecular formula is C13H24N2O2Si. The van der Waals surface area contributed by atoms with Crippen LogP contribution >= 0.6 is 0 Å². The summed E-state index contributed by atoms with van der Waals surface area (Å²) in [5.41, 5.74) is 5.96. The zero-order valence-corrected chi connectivity index (χ0v) is 13.3. The Morgan fingerprint density at radius 2 is 1.94 bits per heavy atom. The fourth-order valence-corrected chi connectivity index (χ4v) is 2.38. The summed E-state index contributed by atoms with van der Waals surface area (Å²) in [5, 5.41) is 0. The van der Waals surface area contributed by atoms with E-state index < -0.39 is 8.07 Å². The molecule has 1 aromatic rings. The molecule has 0 bridgehead atoms. The van der Waals surface area contributed by atoms with Gasteiger partial charge in [-0.25, -0.2) is 10.2 Å². The van der Waals surface area contributed by atoms with E-state index in [0.717, 1.165) is 23.0 Å². The maximum Gasteiger partial charge on any atom is 0.426 e. The molecule has 0 aliphatic heterocycles. The quantitative estimate of drug-likeness (QED) is 0.850. The van der Waals surface area contributed by atoms with Gasteiger partial charge >= 0.3 is 6.09 Å². The maximum atomic E-state index is 11.7. The van der Waals surface area contributed by atoms with Crippen LogP contribution in [0.5, 0.6) is 0 Å². The number of rotatable bonds is 4. The predicted molar refractivity (Wildman–Crippen MR) is 77.5 cm³/mol. The van der Waals surface area contributed by atoms with Gasteiger partial charge in [0.25, 0.3) is 0 Å². The smallest absolute Gasteiger partial charge is 0.426 e. The van der Waals surface area contributed by atoms with Crippen LogP contribution in [0.4, 0.5) is 4.79 Å². The van der Waals surface area contributed by atoms with E-state index in [9.17, 15) is 4.79 Å². The molecule has 1 rings (SSSR count). The number of amides is 1. The highest BCUT2D eigenvalue weighted by Crippen LogP contribution is 2.12. The molecule has 1 heterocycles. The first-order chi connectivity index (χ1) is 8.20. The lowest BCUT2D eigenvalue weighted by Gasteiger charge is -2.16. The number of ether oxygens (including phenoxy) is 1. The third-order valence-electron chi connectivity index (χ3n) is 2.97. The van der Waals surface area contributed by atoms with Crippen LogP contribution in [-0.2, 0) is 4.74 Å². The number of carbonyl (C=O) groups is 1. The van der Waals surface area contributed by atoms with E-state index in [4.69, 9.17) is 4.74 Å². The van der Waals surface area contributed by atoms with Crippen molar-refractivity contribution >= 4 is 14.2 Å². The molecule has 0 fully saturated rings. The number of nitrogens with zero attached hydrogens (tertiary/aromatic N) is 1. The lowest BCUT2D eigenvalue weighted by Crippen LogP contribution is -2.28. The van der Waals surface area contributed by atoms with Crippen molar-refractivity contribution in [3.8, 4) is 0 Å². The summed E-state index contributed by atoms with van der Waals surface area (Å²) < 4.78 is 6.98. The molecule has 0 aromatic carbocycles. The Kier molecular flexibility index (Phi) is 4.62. The molecule has 5 heteroatoms. The molecule has 4 nitrogen and oxygen atoms in total. The lowest BCUT2D eigenvalue weighted by molar-refractivity contribution is 0.164. The van der Waals surface area contributed by atoms with Gasteiger partial charge in [0, 0.05) is 19.5 Å². The minimum atomic E-state index is -1.15. The zero-order chi connectivity index (χ0) is 13.9. The van der Waals surface area contributed by atoms with Crippen LogP contribution in [0.25, 0.3) is 0 Å². The molecule has 1 N–H and O–H groups in total. The fraction of sp³-hybridized carbons (Fsp3) is 0.615. The van der Waals surface area contributed by atoms with Crippen molar-refractivity contribution in [3.05, 3.63) is 23.0 Å². The Hall–Kier alpha value is -1.23. The van der Waals surface area contributed by atoms with E-state index in [-0.39, 0.29) is 6.09 Å². The standard InChI is InChI=1S/C13H24N2O2Si/c1-10-9-11(2)15(12(10)3)14-13(16)17-7-8-18(4,5)6/h9H,7-8H2,1-6H3,(H,14,16). The normalized spacial score (nSPS) is 11.4. The number of carbonyl (C=O) groups excluding carboxylic acids is 1. The number of nitrogens with one attached hydrogen (secondary N) is 1. The maximum absolute atomic E-state index is 11.7. The molecule has 18 heavy (non-hydrogen) atoms. The third-order valence-corrected chi connectivity index (χ3v) is 4.68. The summed E-state index contributed by atoms with van der Waals surface area (Å²) >= 11 is 0. The number of hydrogen-bond acceptors (Lipinski definition) is 2. The third kappa shape index (κ3) is 4.22. The Morgan fingerprint density at radius 3 is 2.39 bits per heavy atom. The van der Waals surface area contributed by atoms with Crippen molar-refractivity contribution < 1.29 is 9.53 Å². The van der Waals surface area contributed by atoms with E-state index in [0.29, 0.717) is 6.61 Å². The van der Waals surface area contributed by atoms with Gasteiger partial charge in [-0.05, 0) is 38.4 Å². The van der Waals surface area contributed by atoms with Gasteiger partial charge in [0.05, 0.1) is 6.61 Å². The lowest BCUT2D eigenvalue weighted by atomic mass is 10.3. The molecule has 0 aliphatic carbocycles. The first-order valence-electron chi connectivity index (χ1n) is 6.30. The van der Waals surface area contributed by atoms with Crippen molar-refractivity contribution in [1.82, 2.24) is 4.68 Å². The summed E-state index contributed by atoms with van der Waals surface area (Å²) in [4.78, 5) is 11.7. The molecule has 0 spiro atoms. The molecule has 102 valence electrons. The SMILES string of the molecule is Cc1cc(C)n(NC(=O)OCC[Si](C)(C)C)c1C. The molecule has 0 atom stereocenters. The summed E-state index contributed by atoms with van der Waals surface area (Å²) in [6, 6.07) is 3.03. The van der Waals surface area contributed by atoms with Gasteiger partial charge in [-0.1, -0.05) is 19.6 Å². The second kappa shape index (κ2) is 5.61. The number of aryl methyl sites for hydroxylation is 2. The molecular weight excluding hydrogens is 244 g/mol. The van der Waals surface area contributed by atoms with Crippen molar-refractivity contribution in [2.45, 2.75) is 46.5 Å². The Balaban J connectivity index is 2.50. The van der Waals surface area contributed by atoms with Crippen molar-refractivity contribution in [2.24, 2.45) is 0 Å². The fourth-order valence-electron chi connectivity index (χ4n) is 1.67. The number of hydrogen-bond donors (Lipinski definition) is 1. The van der Waals surface area contributed by atoms with Crippen LogP contribution in [0.2, 0.25) is 25.7 Å². The topological polar surface area (TPSA) is 43.3 Å². The monoisotopic (exact) mass is 268 g/mol. The highest BCUT2D eigenvalue weighted by atomic mass is 28.3. The first-order valence-corrected chi connectivity index (χ1v) is 10.0. The van der Waals surface area contributed by atoms with Crippen molar-refractivity contribution in [1.29, 1.82) is 0 Å². The Labute approximate surface area is 110 Å². The van der Waals surface area contributed by atoms with E-state index in [2.05, 4.69) is 25.1 Å². The second-order valence-electron chi connectivity index (χ2n) is 5.95. The van der Waals surface area contributed by atoms with Gasteiger partial charge in [-0.3, -0.25) is 4.68 Å². The van der Waals surface area contributed by atoms with E-state index in [1.807, 2.05) is 26.8 Å². The van der Waals surface area contributed by atoms with Crippen LogP contribution in [0.1, 0.15) is 17.0 Å². The highest BCUT2D eigenvalue weighted by molar-refractivity contribution is 6.76. The summed E-state index contributed by atoms with van der Waals surface area (Å²) in [7, 11) is -1.15.